The maximum atomic E-state index is 12.3. The van der Waals surface area contributed by atoms with Crippen LogP contribution in [0.2, 0.25) is 0 Å². The molecule has 108 valence electrons. The largest absolute Gasteiger partial charge is 0.480 e. The quantitative estimate of drug-likeness (QED) is 0.891. The lowest BCUT2D eigenvalue weighted by atomic mass is 10.1. The first-order valence-electron chi connectivity index (χ1n) is 6.93. The minimum Gasteiger partial charge on any atom is -0.480 e. The molecule has 1 saturated heterocycles. The van der Waals surface area contributed by atoms with Gasteiger partial charge in [0.2, 0.25) is 0 Å². The first-order chi connectivity index (χ1) is 9.54. The Balaban J connectivity index is 2.18. The molecule has 0 spiro atoms. The van der Waals surface area contributed by atoms with Gasteiger partial charge in [0.1, 0.15) is 6.04 Å². The van der Waals surface area contributed by atoms with Gasteiger partial charge in [-0.1, -0.05) is 25.1 Å². The summed E-state index contributed by atoms with van der Waals surface area (Å²) in [6, 6.07) is 4.84. The number of anilines is 1. The monoisotopic (exact) mass is 276 g/mol. The van der Waals surface area contributed by atoms with Gasteiger partial charge in [-0.3, -0.25) is 0 Å². The van der Waals surface area contributed by atoms with Crippen LogP contribution < -0.4 is 5.32 Å². The van der Waals surface area contributed by atoms with Crippen LogP contribution in [0.15, 0.2) is 18.2 Å². The normalized spacial score (nSPS) is 18.1. The molecular weight excluding hydrogens is 256 g/mol. The van der Waals surface area contributed by atoms with E-state index < -0.39 is 12.0 Å². The zero-order valence-corrected chi connectivity index (χ0v) is 11.8. The zero-order chi connectivity index (χ0) is 14.7. The molecular formula is C15H20N2O3. The molecule has 1 atom stereocenters. The number of carboxylic acid groups (broad SMARTS) is 1. The molecule has 1 aliphatic rings. The van der Waals surface area contributed by atoms with E-state index in [2.05, 4.69) is 5.32 Å². The number of hydrogen-bond donors (Lipinski definition) is 2. The fourth-order valence-corrected chi connectivity index (χ4v) is 2.65. The SMILES string of the molecule is CCc1cccc(C)c1NC(=O)N1CCC[C@H]1C(=O)O. The highest BCUT2D eigenvalue weighted by Crippen LogP contribution is 2.24. The number of carbonyl (C=O) groups is 2. The summed E-state index contributed by atoms with van der Waals surface area (Å²) in [4.78, 5) is 24.8. The van der Waals surface area contributed by atoms with Crippen molar-refractivity contribution in [3.63, 3.8) is 0 Å². The Kier molecular flexibility index (Phi) is 4.27. The Hall–Kier alpha value is -2.04. The molecule has 0 unspecified atom stereocenters. The Morgan fingerprint density at radius 1 is 1.45 bits per heavy atom. The topological polar surface area (TPSA) is 69.6 Å². The molecule has 0 aliphatic carbocycles. The van der Waals surface area contributed by atoms with Crippen molar-refractivity contribution in [1.29, 1.82) is 0 Å². The average molecular weight is 276 g/mol. The third-order valence-electron chi connectivity index (χ3n) is 3.77. The summed E-state index contributed by atoms with van der Waals surface area (Å²) in [6.45, 7) is 4.46. The number of likely N-dealkylation sites (tertiary alicyclic amines) is 1. The van der Waals surface area contributed by atoms with Crippen LogP contribution >= 0.6 is 0 Å². The van der Waals surface area contributed by atoms with E-state index >= 15 is 0 Å². The summed E-state index contributed by atoms with van der Waals surface area (Å²) in [7, 11) is 0. The van der Waals surface area contributed by atoms with E-state index in [4.69, 9.17) is 5.11 Å². The van der Waals surface area contributed by atoms with Crippen LogP contribution in [-0.2, 0) is 11.2 Å². The van der Waals surface area contributed by atoms with Gasteiger partial charge in [0.05, 0.1) is 0 Å². The van der Waals surface area contributed by atoms with Crippen molar-refractivity contribution < 1.29 is 14.7 Å². The van der Waals surface area contributed by atoms with Crippen LogP contribution in [0.4, 0.5) is 10.5 Å². The highest BCUT2D eigenvalue weighted by molar-refractivity contribution is 5.94. The molecule has 1 aromatic carbocycles. The van der Waals surface area contributed by atoms with Crippen LogP contribution in [0.25, 0.3) is 0 Å². The number of carbonyl (C=O) groups excluding carboxylic acids is 1. The third kappa shape index (κ3) is 2.76. The molecule has 2 amide bonds. The van der Waals surface area contributed by atoms with Gasteiger partial charge in [0.15, 0.2) is 0 Å². The Morgan fingerprint density at radius 2 is 2.20 bits per heavy atom. The lowest BCUT2D eigenvalue weighted by molar-refractivity contribution is -0.141. The number of aliphatic carboxylic acids is 1. The summed E-state index contributed by atoms with van der Waals surface area (Å²) in [5.41, 5.74) is 2.85. The molecule has 2 rings (SSSR count). The molecule has 1 fully saturated rings. The maximum absolute atomic E-state index is 12.3. The number of rotatable bonds is 3. The van der Waals surface area contributed by atoms with Crippen LogP contribution in [-0.4, -0.2) is 34.6 Å². The van der Waals surface area contributed by atoms with Gasteiger partial charge < -0.3 is 15.3 Å². The fourth-order valence-electron chi connectivity index (χ4n) is 2.65. The summed E-state index contributed by atoms with van der Waals surface area (Å²) in [5.74, 6) is -0.932. The minimum atomic E-state index is -0.932. The first kappa shape index (κ1) is 14.4. The summed E-state index contributed by atoms with van der Waals surface area (Å²) >= 11 is 0. The van der Waals surface area contributed by atoms with E-state index in [1.54, 1.807) is 0 Å². The molecule has 5 nitrogen and oxygen atoms in total. The van der Waals surface area contributed by atoms with Crippen LogP contribution in [0.3, 0.4) is 0 Å². The van der Waals surface area contributed by atoms with Gasteiger partial charge in [-0.05, 0) is 37.3 Å². The predicted molar refractivity (Wildman–Crippen MR) is 76.9 cm³/mol. The highest BCUT2D eigenvalue weighted by atomic mass is 16.4. The van der Waals surface area contributed by atoms with E-state index in [1.165, 1.54) is 4.90 Å². The predicted octanol–water partition coefficient (Wildman–Crippen LogP) is 2.64. The Bertz CT molecular complexity index is 528. The second-order valence-electron chi connectivity index (χ2n) is 5.08. The van der Waals surface area contributed by atoms with Crippen molar-refractivity contribution in [2.24, 2.45) is 0 Å². The van der Waals surface area contributed by atoms with Crippen LogP contribution in [0.1, 0.15) is 30.9 Å². The maximum Gasteiger partial charge on any atom is 0.326 e. The number of nitrogens with one attached hydrogen (secondary N) is 1. The van der Waals surface area contributed by atoms with Gasteiger partial charge in [0.25, 0.3) is 0 Å². The number of para-hydroxylation sites is 1. The van der Waals surface area contributed by atoms with Gasteiger partial charge >= 0.3 is 12.0 Å². The van der Waals surface area contributed by atoms with Crippen LogP contribution in [0, 0.1) is 6.92 Å². The number of amides is 2. The van der Waals surface area contributed by atoms with Gasteiger partial charge in [-0.2, -0.15) is 0 Å². The fraction of sp³-hybridized carbons (Fsp3) is 0.467. The molecule has 20 heavy (non-hydrogen) atoms. The third-order valence-corrected chi connectivity index (χ3v) is 3.77. The summed E-state index contributed by atoms with van der Waals surface area (Å²) in [5, 5.41) is 12.0. The summed E-state index contributed by atoms with van der Waals surface area (Å²) < 4.78 is 0. The Morgan fingerprint density at radius 3 is 2.85 bits per heavy atom. The van der Waals surface area contributed by atoms with Gasteiger partial charge in [-0.15, -0.1) is 0 Å². The number of hydrogen-bond acceptors (Lipinski definition) is 2. The van der Waals surface area contributed by atoms with Crippen molar-refractivity contribution in [2.75, 3.05) is 11.9 Å². The number of nitrogens with zero attached hydrogens (tertiary/aromatic N) is 1. The van der Waals surface area contributed by atoms with Crippen LogP contribution in [0.5, 0.6) is 0 Å². The standard InChI is InChI=1S/C15H20N2O3/c1-3-11-7-4-6-10(2)13(11)16-15(20)17-9-5-8-12(17)14(18)19/h4,6-7,12H,3,5,8-9H2,1-2H3,(H,16,20)(H,18,19)/t12-/m0/s1. The van der Waals surface area contributed by atoms with E-state index in [0.717, 1.165) is 29.7 Å². The van der Waals surface area contributed by atoms with Gasteiger partial charge in [-0.25, -0.2) is 9.59 Å². The summed E-state index contributed by atoms with van der Waals surface area (Å²) in [6.07, 6.45) is 2.08. The lowest BCUT2D eigenvalue weighted by Gasteiger charge is -2.23. The van der Waals surface area contributed by atoms with E-state index in [-0.39, 0.29) is 6.03 Å². The smallest absolute Gasteiger partial charge is 0.326 e. The Labute approximate surface area is 118 Å². The van der Waals surface area contributed by atoms with Crippen molar-refractivity contribution in [1.82, 2.24) is 4.90 Å². The molecule has 0 saturated carbocycles. The highest BCUT2D eigenvalue weighted by Gasteiger charge is 2.34. The number of aryl methyl sites for hydroxylation is 2. The van der Waals surface area contributed by atoms with Crippen molar-refractivity contribution >= 4 is 17.7 Å². The van der Waals surface area contributed by atoms with E-state index in [9.17, 15) is 9.59 Å². The number of carboxylic acids is 1. The zero-order valence-electron chi connectivity index (χ0n) is 11.8. The number of urea groups is 1. The second kappa shape index (κ2) is 5.94. The molecule has 1 aliphatic heterocycles. The lowest BCUT2D eigenvalue weighted by Crippen LogP contribution is -2.43. The van der Waals surface area contributed by atoms with Gasteiger partial charge in [0, 0.05) is 12.2 Å². The van der Waals surface area contributed by atoms with E-state index in [1.807, 2.05) is 32.0 Å². The number of benzene rings is 1. The molecule has 1 heterocycles. The molecule has 0 bridgehead atoms. The first-order valence-corrected chi connectivity index (χ1v) is 6.93. The average Bonchev–Trinajstić information content (AvgIpc) is 2.90. The molecule has 2 N–H and O–H groups in total. The van der Waals surface area contributed by atoms with E-state index in [0.29, 0.717) is 13.0 Å². The molecule has 1 aromatic rings. The minimum absolute atomic E-state index is 0.320. The molecule has 0 radical (unpaired) electrons. The molecule has 5 heteroatoms. The molecule has 0 aromatic heterocycles. The van der Waals surface area contributed by atoms with Crippen molar-refractivity contribution in [3.05, 3.63) is 29.3 Å². The van der Waals surface area contributed by atoms with Crippen molar-refractivity contribution in [3.8, 4) is 0 Å². The second-order valence-corrected chi connectivity index (χ2v) is 5.08. The van der Waals surface area contributed by atoms with Crippen molar-refractivity contribution in [2.45, 2.75) is 39.2 Å².